The molecule has 69 valence electrons. The van der Waals surface area contributed by atoms with Crippen molar-refractivity contribution >= 4 is 6.16 Å². The molecule has 0 spiro atoms. The Balaban J connectivity index is 2.31. The van der Waals surface area contributed by atoms with Crippen molar-refractivity contribution in [1.29, 1.82) is 0 Å². The third-order valence-corrected chi connectivity index (χ3v) is 1.35. The lowest BCUT2D eigenvalue weighted by Gasteiger charge is -2.02. The number of ether oxygens (including phenoxy) is 2. The van der Waals surface area contributed by atoms with Gasteiger partial charge in [0.05, 0.1) is 6.61 Å². The molecule has 0 fully saturated rings. The van der Waals surface area contributed by atoms with E-state index in [1.807, 2.05) is 30.3 Å². The van der Waals surface area contributed by atoms with Crippen LogP contribution in [-0.4, -0.2) is 12.8 Å². The first-order chi connectivity index (χ1) is 6.33. The zero-order valence-corrected chi connectivity index (χ0v) is 7.40. The van der Waals surface area contributed by atoms with Gasteiger partial charge in [0.2, 0.25) is 0 Å². The van der Waals surface area contributed by atoms with Crippen molar-refractivity contribution in [3.63, 3.8) is 0 Å². The van der Waals surface area contributed by atoms with Gasteiger partial charge in [-0.05, 0) is 12.5 Å². The van der Waals surface area contributed by atoms with Crippen molar-refractivity contribution < 1.29 is 14.3 Å². The lowest BCUT2D eigenvalue weighted by Crippen LogP contribution is -2.05. The quantitative estimate of drug-likeness (QED) is 0.668. The van der Waals surface area contributed by atoms with Crippen LogP contribution in [0.4, 0.5) is 4.79 Å². The fourth-order valence-electron chi connectivity index (χ4n) is 0.800. The minimum atomic E-state index is -0.675. The van der Waals surface area contributed by atoms with E-state index in [0.29, 0.717) is 6.61 Å². The van der Waals surface area contributed by atoms with Gasteiger partial charge in [-0.25, -0.2) is 4.79 Å². The van der Waals surface area contributed by atoms with Crippen LogP contribution in [0.2, 0.25) is 0 Å². The van der Waals surface area contributed by atoms with Crippen molar-refractivity contribution in [3.8, 4) is 0 Å². The summed E-state index contributed by atoms with van der Waals surface area (Å²) in [6.07, 6.45) is -0.675. The first kappa shape index (κ1) is 9.58. The van der Waals surface area contributed by atoms with Gasteiger partial charge < -0.3 is 9.47 Å². The topological polar surface area (TPSA) is 35.5 Å². The Kier molecular flexibility index (Phi) is 3.82. The average molecular weight is 179 g/mol. The van der Waals surface area contributed by atoms with E-state index in [2.05, 4.69) is 9.47 Å². The molecule has 0 aliphatic rings. The molecule has 0 heterocycles. The van der Waals surface area contributed by atoms with Gasteiger partial charge >= 0.3 is 6.16 Å². The molecular formula is C10H11O3. The minimum absolute atomic E-state index is 0.321. The van der Waals surface area contributed by atoms with Gasteiger partial charge in [0.15, 0.2) is 6.61 Å². The summed E-state index contributed by atoms with van der Waals surface area (Å²) in [5, 5.41) is 0. The average Bonchev–Trinajstić information content (AvgIpc) is 2.17. The summed E-state index contributed by atoms with van der Waals surface area (Å²) in [7, 11) is 0. The second-order valence-corrected chi connectivity index (χ2v) is 2.33. The van der Waals surface area contributed by atoms with Crippen LogP contribution in [0.25, 0.3) is 0 Å². The molecule has 0 aliphatic heterocycles. The second-order valence-electron chi connectivity index (χ2n) is 2.33. The van der Waals surface area contributed by atoms with E-state index in [0.717, 1.165) is 5.56 Å². The van der Waals surface area contributed by atoms with Crippen LogP contribution < -0.4 is 0 Å². The van der Waals surface area contributed by atoms with Crippen molar-refractivity contribution in [2.75, 3.05) is 6.61 Å². The smallest absolute Gasteiger partial charge is 0.435 e. The van der Waals surface area contributed by atoms with Crippen molar-refractivity contribution in [2.24, 2.45) is 0 Å². The molecule has 1 aromatic carbocycles. The maximum Gasteiger partial charge on any atom is 0.509 e. The maximum atomic E-state index is 10.7. The lowest BCUT2D eigenvalue weighted by molar-refractivity contribution is 0.0811. The fraction of sp³-hybridized carbons (Fsp3) is 0.200. The number of benzene rings is 1. The zero-order chi connectivity index (χ0) is 9.52. The molecule has 0 bridgehead atoms. The van der Waals surface area contributed by atoms with Gasteiger partial charge in [-0.15, -0.1) is 0 Å². The highest BCUT2D eigenvalue weighted by molar-refractivity contribution is 5.60. The predicted octanol–water partition coefficient (Wildman–Crippen LogP) is 2.37. The second kappa shape index (κ2) is 5.19. The molecular weight excluding hydrogens is 168 g/mol. The number of hydrogen-bond donors (Lipinski definition) is 0. The molecule has 3 heteroatoms. The molecule has 0 unspecified atom stereocenters. The molecule has 0 saturated carbocycles. The highest BCUT2D eigenvalue weighted by Gasteiger charge is 2.02. The van der Waals surface area contributed by atoms with Crippen LogP contribution in [0.1, 0.15) is 12.5 Å². The van der Waals surface area contributed by atoms with Gasteiger partial charge in [-0.1, -0.05) is 30.3 Å². The van der Waals surface area contributed by atoms with E-state index in [9.17, 15) is 4.79 Å². The predicted molar refractivity (Wildman–Crippen MR) is 48.0 cm³/mol. The Morgan fingerprint density at radius 1 is 1.38 bits per heavy atom. The summed E-state index contributed by atoms with van der Waals surface area (Å²) < 4.78 is 9.25. The van der Waals surface area contributed by atoms with Crippen LogP contribution in [0.3, 0.4) is 0 Å². The van der Waals surface area contributed by atoms with Crippen LogP contribution in [0.15, 0.2) is 30.3 Å². The molecule has 0 aliphatic carbocycles. The number of carbonyl (C=O) groups excluding carboxylic acids is 1. The number of rotatable bonds is 3. The van der Waals surface area contributed by atoms with Gasteiger partial charge in [0.25, 0.3) is 0 Å². The molecule has 1 rings (SSSR count). The summed E-state index contributed by atoms with van der Waals surface area (Å²) >= 11 is 0. The van der Waals surface area contributed by atoms with Crippen molar-refractivity contribution in [3.05, 3.63) is 42.5 Å². The van der Waals surface area contributed by atoms with E-state index in [1.54, 1.807) is 6.92 Å². The molecule has 1 aromatic rings. The Morgan fingerprint density at radius 3 is 2.69 bits per heavy atom. The first-order valence-corrected chi connectivity index (χ1v) is 4.04. The van der Waals surface area contributed by atoms with E-state index in [4.69, 9.17) is 0 Å². The molecule has 0 N–H and O–H groups in total. The van der Waals surface area contributed by atoms with Crippen molar-refractivity contribution in [2.45, 2.75) is 6.92 Å². The van der Waals surface area contributed by atoms with Crippen LogP contribution in [0.5, 0.6) is 0 Å². The Labute approximate surface area is 77.3 Å². The summed E-state index contributed by atoms with van der Waals surface area (Å²) in [5.41, 5.74) is 0.829. The molecule has 0 atom stereocenters. The summed E-state index contributed by atoms with van der Waals surface area (Å²) in [5.74, 6) is 0. The minimum Gasteiger partial charge on any atom is -0.435 e. The zero-order valence-electron chi connectivity index (χ0n) is 7.40. The first-order valence-electron chi connectivity index (χ1n) is 4.04. The Bertz CT molecular complexity index is 256. The molecule has 1 radical (unpaired) electrons. The fourth-order valence-corrected chi connectivity index (χ4v) is 0.800. The van der Waals surface area contributed by atoms with E-state index >= 15 is 0 Å². The Morgan fingerprint density at radius 2 is 2.08 bits per heavy atom. The Hall–Kier alpha value is -1.51. The molecule has 0 amide bonds. The van der Waals surface area contributed by atoms with Gasteiger partial charge in [-0.2, -0.15) is 0 Å². The highest BCUT2D eigenvalue weighted by atomic mass is 16.7. The molecule has 0 saturated heterocycles. The van der Waals surface area contributed by atoms with Gasteiger partial charge in [0.1, 0.15) is 0 Å². The summed E-state index contributed by atoms with van der Waals surface area (Å²) in [6, 6.07) is 9.28. The molecule has 13 heavy (non-hydrogen) atoms. The summed E-state index contributed by atoms with van der Waals surface area (Å²) in [6.45, 7) is 3.41. The molecule has 3 nitrogen and oxygen atoms in total. The SMILES string of the molecule is CCOC(=O)O[CH]c1ccccc1. The normalized spacial score (nSPS) is 9.31. The number of hydrogen-bond acceptors (Lipinski definition) is 3. The monoisotopic (exact) mass is 179 g/mol. The van der Waals surface area contributed by atoms with E-state index in [1.165, 1.54) is 6.61 Å². The third kappa shape index (κ3) is 3.60. The van der Waals surface area contributed by atoms with Crippen molar-refractivity contribution in [1.82, 2.24) is 0 Å². The molecule has 0 aromatic heterocycles. The lowest BCUT2D eigenvalue weighted by atomic mass is 10.2. The van der Waals surface area contributed by atoms with Crippen LogP contribution in [-0.2, 0) is 9.47 Å². The van der Waals surface area contributed by atoms with Crippen LogP contribution in [0, 0.1) is 6.61 Å². The van der Waals surface area contributed by atoms with Gasteiger partial charge in [-0.3, -0.25) is 0 Å². The summed E-state index contributed by atoms with van der Waals surface area (Å²) in [4.78, 5) is 10.7. The third-order valence-electron chi connectivity index (χ3n) is 1.35. The van der Waals surface area contributed by atoms with Crippen LogP contribution >= 0.6 is 0 Å². The standard InChI is InChI=1S/C10H11O3/c1-2-12-10(11)13-8-9-6-4-3-5-7-9/h3-8H,2H2,1H3. The highest BCUT2D eigenvalue weighted by Crippen LogP contribution is 2.03. The number of carbonyl (C=O) groups is 1. The van der Waals surface area contributed by atoms with Gasteiger partial charge in [0, 0.05) is 0 Å². The van der Waals surface area contributed by atoms with E-state index < -0.39 is 6.16 Å². The largest absolute Gasteiger partial charge is 0.509 e. The maximum absolute atomic E-state index is 10.7. The van der Waals surface area contributed by atoms with E-state index in [-0.39, 0.29) is 0 Å².